The maximum absolute atomic E-state index is 12.4. The van der Waals surface area contributed by atoms with Crippen LogP contribution in [0.4, 0.5) is 0 Å². The molecule has 2 aliphatic heterocycles. The lowest BCUT2D eigenvalue weighted by Crippen LogP contribution is -2.37. The fraction of sp³-hybridized carbons (Fsp3) is 0.278. The molecule has 1 N–H and O–H groups in total. The highest BCUT2D eigenvalue weighted by atomic mass is 32.2. The summed E-state index contributed by atoms with van der Waals surface area (Å²) in [5.74, 6) is 1.79. The van der Waals surface area contributed by atoms with Crippen LogP contribution in [0.3, 0.4) is 0 Å². The zero-order chi connectivity index (χ0) is 18.7. The van der Waals surface area contributed by atoms with E-state index in [1.165, 1.54) is 18.9 Å². The minimum atomic E-state index is -0.422. The second-order valence-electron chi connectivity index (χ2n) is 5.60. The summed E-state index contributed by atoms with van der Waals surface area (Å²) in [5.41, 5.74) is 2.83. The van der Waals surface area contributed by atoms with E-state index in [1.54, 1.807) is 18.3 Å². The minimum absolute atomic E-state index is 0.155. The predicted octanol–water partition coefficient (Wildman–Crippen LogP) is 2.64. The number of nitrogens with zero attached hydrogens (tertiary/aromatic N) is 2. The van der Waals surface area contributed by atoms with E-state index >= 15 is 0 Å². The van der Waals surface area contributed by atoms with Gasteiger partial charge in [-0.3, -0.25) is 4.79 Å². The van der Waals surface area contributed by atoms with Gasteiger partial charge < -0.3 is 15.0 Å². The van der Waals surface area contributed by atoms with E-state index in [1.807, 2.05) is 27.1 Å². The molecule has 0 saturated carbocycles. The summed E-state index contributed by atoms with van der Waals surface area (Å²) in [5, 5.41) is 9.24. The molecule has 0 radical (unpaired) electrons. The van der Waals surface area contributed by atoms with Gasteiger partial charge >= 0.3 is 5.97 Å². The molecule has 134 valence electrons. The van der Waals surface area contributed by atoms with E-state index in [9.17, 15) is 9.59 Å². The molecular weight excluding hydrogens is 370 g/mol. The van der Waals surface area contributed by atoms with Crippen LogP contribution in [0, 0.1) is 12.3 Å². The number of carbonyl (C=O) groups excluding carboxylic acids is 2. The van der Waals surface area contributed by atoms with Crippen molar-refractivity contribution in [2.75, 3.05) is 13.7 Å². The number of amides is 1. The Bertz CT molecular complexity index is 863. The number of fused-ring (bicyclic) bond motifs is 1. The lowest BCUT2D eigenvalue weighted by atomic mass is 9.96. The number of esters is 1. The molecule has 0 fully saturated rings. The van der Waals surface area contributed by atoms with Gasteiger partial charge in [0.1, 0.15) is 0 Å². The van der Waals surface area contributed by atoms with Crippen molar-refractivity contribution in [1.82, 2.24) is 10.2 Å². The molecule has 26 heavy (non-hydrogen) atoms. The summed E-state index contributed by atoms with van der Waals surface area (Å²) in [6.07, 6.45) is 5.34. The quantitative estimate of drug-likeness (QED) is 0.621. The van der Waals surface area contributed by atoms with Crippen LogP contribution in [0.25, 0.3) is 0 Å². The number of hydrogen-bond acceptors (Lipinski definition) is 7. The Kier molecular flexibility index (Phi) is 5.49. The van der Waals surface area contributed by atoms with Crippen molar-refractivity contribution in [3.8, 4) is 12.3 Å². The van der Waals surface area contributed by atoms with Crippen LogP contribution < -0.4 is 5.32 Å². The Morgan fingerprint density at radius 3 is 2.96 bits per heavy atom. The number of rotatable bonds is 5. The minimum Gasteiger partial charge on any atom is -0.466 e. The molecule has 1 unspecified atom stereocenters. The van der Waals surface area contributed by atoms with E-state index in [0.717, 1.165) is 16.4 Å². The van der Waals surface area contributed by atoms with E-state index in [2.05, 4.69) is 16.2 Å². The van der Waals surface area contributed by atoms with Crippen molar-refractivity contribution in [2.24, 2.45) is 4.99 Å². The lowest BCUT2D eigenvalue weighted by Gasteiger charge is -2.35. The maximum Gasteiger partial charge on any atom is 0.338 e. The number of thiophene rings is 1. The number of nitrogens with one attached hydrogen (secondary N) is 1. The third-order valence-corrected chi connectivity index (χ3v) is 5.58. The largest absolute Gasteiger partial charge is 0.466 e. The third kappa shape index (κ3) is 3.41. The highest BCUT2D eigenvalue weighted by Gasteiger charge is 2.41. The Morgan fingerprint density at radius 2 is 2.31 bits per heavy atom. The van der Waals surface area contributed by atoms with Gasteiger partial charge in [0.05, 0.1) is 37.4 Å². The third-order valence-electron chi connectivity index (χ3n) is 3.99. The first kappa shape index (κ1) is 18.3. The van der Waals surface area contributed by atoms with Crippen LogP contribution >= 0.6 is 23.1 Å². The van der Waals surface area contributed by atoms with Gasteiger partial charge in [0.25, 0.3) is 0 Å². The predicted molar refractivity (Wildman–Crippen MR) is 103 cm³/mol. The number of terminal acetylenes is 1. The van der Waals surface area contributed by atoms with Gasteiger partial charge in [-0.1, -0.05) is 17.7 Å². The topological polar surface area (TPSA) is 71.0 Å². The summed E-state index contributed by atoms with van der Waals surface area (Å²) in [7, 11) is 1.36. The zero-order valence-electron chi connectivity index (χ0n) is 14.3. The number of hydrogen-bond donors (Lipinski definition) is 1. The summed E-state index contributed by atoms with van der Waals surface area (Å²) < 4.78 is 4.99. The monoisotopic (exact) mass is 387 g/mol. The first-order chi connectivity index (χ1) is 12.6. The summed E-state index contributed by atoms with van der Waals surface area (Å²) in [4.78, 5) is 31.1. The van der Waals surface area contributed by atoms with Crippen LogP contribution in [-0.2, 0) is 14.3 Å². The molecule has 0 saturated heterocycles. The zero-order valence-corrected chi connectivity index (χ0v) is 15.9. The molecular formula is C18H17N3O3S2. The lowest BCUT2D eigenvalue weighted by molar-refractivity contribution is -0.136. The second kappa shape index (κ2) is 7.81. The van der Waals surface area contributed by atoms with Gasteiger partial charge in [-0.25, -0.2) is 9.79 Å². The van der Waals surface area contributed by atoms with Crippen LogP contribution in [0.1, 0.15) is 24.9 Å². The fourth-order valence-corrected chi connectivity index (χ4v) is 4.51. The second-order valence-corrected chi connectivity index (χ2v) is 7.22. The molecule has 8 heteroatoms. The molecule has 0 aliphatic carbocycles. The molecule has 1 aromatic rings. The molecule has 0 spiro atoms. The Morgan fingerprint density at radius 1 is 1.50 bits per heavy atom. The molecule has 1 atom stereocenters. The van der Waals surface area contributed by atoms with E-state index in [0.29, 0.717) is 11.3 Å². The summed E-state index contributed by atoms with van der Waals surface area (Å²) >= 11 is 2.98. The molecule has 0 aromatic carbocycles. The number of aliphatic imine (C=N–C) groups is 1. The average molecular weight is 387 g/mol. The number of amidine groups is 1. The Balaban J connectivity index is 1.97. The molecule has 3 rings (SSSR count). The van der Waals surface area contributed by atoms with E-state index in [4.69, 9.17) is 11.2 Å². The van der Waals surface area contributed by atoms with Crippen molar-refractivity contribution in [1.29, 1.82) is 0 Å². The van der Waals surface area contributed by atoms with Crippen LogP contribution in [0.15, 0.2) is 44.2 Å². The Hall–Kier alpha value is -2.50. The SMILES string of the molecule is C#CCNC(=O)CC1=CSC2=NC(C)=C(C(=O)OC)C(c3ccsc3)N12. The standard InChI is InChI=1S/C18H17N3O3S2/c1-4-6-19-14(22)8-13-10-26-18-20-11(2)15(17(23)24-3)16(21(13)18)12-5-7-25-9-12/h1,5,7,9-10,16H,6,8H2,2-3H3,(H,19,22). The molecule has 3 heterocycles. The van der Waals surface area contributed by atoms with Crippen LogP contribution in [0.5, 0.6) is 0 Å². The average Bonchev–Trinajstić information content (AvgIpc) is 3.28. The van der Waals surface area contributed by atoms with Gasteiger partial charge in [-0.15, -0.1) is 6.42 Å². The van der Waals surface area contributed by atoms with E-state index < -0.39 is 5.97 Å². The first-order valence-electron chi connectivity index (χ1n) is 7.81. The number of ether oxygens (including phenoxy) is 1. The molecule has 1 amide bonds. The highest BCUT2D eigenvalue weighted by Crippen LogP contribution is 2.45. The number of carbonyl (C=O) groups is 2. The number of methoxy groups -OCH3 is 1. The van der Waals surface area contributed by atoms with Gasteiger partial charge in [0.2, 0.25) is 5.91 Å². The van der Waals surface area contributed by atoms with Crippen molar-refractivity contribution in [2.45, 2.75) is 19.4 Å². The maximum atomic E-state index is 12.4. The van der Waals surface area contributed by atoms with Crippen LogP contribution in [-0.4, -0.2) is 35.6 Å². The van der Waals surface area contributed by atoms with Crippen molar-refractivity contribution in [3.05, 3.63) is 44.8 Å². The van der Waals surface area contributed by atoms with Gasteiger partial charge in [0, 0.05) is 5.70 Å². The highest BCUT2D eigenvalue weighted by molar-refractivity contribution is 8.16. The van der Waals surface area contributed by atoms with Crippen molar-refractivity contribution < 1.29 is 14.3 Å². The first-order valence-corrected chi connectivity index (χ1v) is 9.64. The van der Waals surface area contributed by atoms with Gasteiger partial charge in [-0.2, -0.15) is 11.3 Å². The molecule has 6 nitrogen and oxygen atoms in total. The van der Waals surface area contributed by atoms with Crippen LogP contribution in [0.2, 0.25) is 0 Å². The smallest absolute Gasteiger partial charge is 0.338 e. The molecule has 1 aromatic heterocycles. The molecule has 0 bridgehead atoms. The van der Waals surface area contributed by atoms with Gasteiger partial charge in [0.15, 0.2) is 5.17 Å². The number of thioether (sulfide) groups is 1. The number of allylic oxidation sites excluding steroid dienone is 1. The summed E-state index contributed by atoms with van der Waals surface area (Å²) in [6.45, 7) is 1.98. The van der Waals surface area contributed by atoms with E-state index in [-0.39, 0.29) is 24.9 Å². The van der Waals surface area contributed by atoms with Gasteiger partial charge in [-0.05, 0) is 34.7 Å². The molecule has 2 aliphatic rings. The summed E-state index contributed by atoms with van der Waals surface area (Å²) in [6, 6.07) is 1.59. The fourth-order valence-electron chi connectivity index (χ4n) is 2.86. The van der Waals surface area contributed by atoms with Crippen molar-refractivity contribution >= 4 is 40.1 Å². The normalized spacial score (nSPS) is 18.7. The van der Waals surface area contributed by atoms with Crippen molar-refractivity contribution in [3.63, 3.8) is 0 Å². The Labute approximate surface area is 160 Å².